The highest BCUT2D eigenvalue weighted by atomic mass is 35.5. The molecule has 1 amide bonds. The Kier molecular flexibility index (Phi) is 5.37. The predicted octanol–water partition coefficient (Wildman–Crippen LogP) is 2.80. The van der Waals surface area contributed by atoms with Crippen LogP contribution in [0.1, 0.15) is 5.56 Å². The number of hydrogen-bond acceptors (Lipinski definition) is 5. The van der Waals surface area contributed by atoms with E-state index in [-0.39, 0.29) is 12.5 Å². The van der Waals surface area contributed by atoms with Gasteiger partial charge in [0.1, 0.15) is 6.54 Å². The molecule has 3 rings (SSSR count). The second-order valence-electron chi connectivity index (χ2n) is 4.97. The van der Waals surface area contributed by atoms with Crippen LogP contribution in [-0.4, -0.2) is 32.3 Å². The highest BCUT2D eigenvalue weighted by Gasteiger charge is 2.11. The maximum Gasteiger partial charge on any atom is 0.263 e. The van der Waals surface area contributed by atoms with Gasteiger partial charge in [-0.15, -0.1) is 10.2 Å². The lowest BCUT2D eigenvalue weighted by Crippen LogP contribution is -2.24. The van der Waals surface area contributed by atoms with Crippen molar-refractivity contribution in [2.24, 2.45) is 5.10 Å². The first kappa shape index (κ1) is 17.1. The fourth-order valence-electron chi connectivity index (χ4n) is 1.95. The van der Waals surface area contributed by atoms with Crippen LogP contribution in [-0.2, 0) is 11.3 Å². The SMILES string of the molecule is O=C(Cn1nnc(-c2ccccc2Cl)n1)N/N=C\c1ccc(Cl)cc1. The van der Waals surface area contributed by atoms with Crippen LogP contribution < -0.4 is 5.43 Å². The van der Waals surface area contributed by atoms with Crippen molar-refractivity contribution in [2.75, 3.05) is 0 Å². The summed E-state index contributed by atoms with van der Waals surface area (Å²) < 4.78 is 0. The summed E-state index contributed by atoms with van der Waals surface area (Å²) in [4.78, 5) is 13.0. The normalized spacial score (nSPS) is 11.0. The van der Waals surface area contributed by atoms with Gasteiger partial charge in [0.2, 0.25) is 5.82 Å². The maximum atomic E-state index is 11.9. The molecule has 7 nitrogen and oxygen atoms in total. The molecule has 9 heteroatoms. The molecule has 0 radical (unpaired) electrons. The van der Waals surface area contributed by atoms with Gasteiger partial charge in [0.05, 0.1) is 11.2 Å². The van der Waals surface area contributed by atoms with Gasteiger partial charge in [-0.25, -0.2) is 5.43 Å². The molecule has 0 saturated heterocycles. The first-order chi connectivity index (χ1) is 12.1. The van der Waals surface area contributed by atoms with Crippen molar-refractivity contribution in [3.63, 3.8) is 0 Å². The molecule has 0 bridgehead atoms. The number of carbonyl (C=O) groups is 1. The third kappa shape index (κ3) is 4.62. The number of rotatable bonds is 5. The third-order valence-corrected chi connectivity index (χ3v) is 3.71. The van der Waals surface area contributed by atoms with E-state index < -0.39 is 0 Å². The van der Waals surface area contributed by atoms with E-state index in [2.05, 4.69) is 25.9 Å². The van der Waals surface area contributed by atoms with Crippen molar-refractivity contribution in [1.82, 2.24) is 25.6 Å². The lowest BCUT2D eigenvalue weighted by molar-refractivity contribution is -0.122. The van der Waals surface area contributed by atoms with Crippen molar-refractivity contribution >= 4 is 35.3 Å². The van der Waals surface area contributed by atoms with Crippen LogP contribution >= 0.6 is 23.2 Å². The molecule has 0 aliphatic rings. The van der Waals surface area contributed by atoms with E-state index in [1.807, 2.05) is 12.1 Å². The summed E-state index contributed by atoms with van der Waals surface area (Å²) >= 11 is 11.9. The van der Waals surface area contributed by atoms with Crippen LogP contribution in [0, 0.1) is 0 Å². The molecule has 1 aromatic heterocycles. The Morgan fingerprint density at radius 2 is 1.92 bits per heavy atom. The van der Waals surface area contributed by atoms with Crippen LogP contribution in [0.5, 0.6) is 0 Å². The lowest BCUT2D eigenvalue weighted by atomic mass is 10.2. The molecule has 3 aromatic rings. The first-order valence-electron chi connectivity index (χ1n) is 7.22. The van der Waals surface area contributed by atoms with Gasteiger partial charge in [0.15, 0.2) is 0 Å². The third-order valence-electron chi connectivity index (χ3n) is 3.13. The molecule has 126 valence electrons. The minimum Gasteiger partial charge on any atom is -0.271 e. The van der Waals surface area contributed by atoms with E-state index in [0.717, 1.165) is 5.56 Å². The summed E-state index contributed by atoms with van der Waals surface area (Å²) in [5, 5.41) is 16.9. The summed E-state index contributed by atoms with van der Waals surface area (Å²) in [6.07, 6.45) is 1.51. The Hall–Kier alpha value is -2.77. The van der Waals surface area contributed by atoms with Gasteiger partial charge in [-0.05, 0) is 35.0 Å². The van der Waals surface area contributed by atoms with E-state index in [1.54, 1.807) is 36.4 Å². The number of amides is 1. The molecular weight excluding hydrogens is 363 g/mol. The summed E-state index contributed by atoms with van der Waals surface area (Å²) in [5.41, 5.74) is 3.86. The van der Waals surface area contributed by atoms with E-state index in [4.69, 9.17) is 23.2 Å². The number of aromatic nitrogens is 4. The van der Waals surface area contributed by atoms with Crippen LogP contribution in [0.4, 0.5) is 0 Å². The number of hydrogen-bond donors (Lipinski definition) is 1. The lowest BCUT2D eigenvalue weighted by Gasteiger charge is -1.99. The Bertz CT molecular complexity index is 907. The van der Waals surface area contributed by atoms with Gasteiger partial charge in [0, 0.05) is 10.6 Å². The number of hydrazone groups is 1. The van der Waals surface area contributed by atoms with Crippen LogP contribution in [0.25, 0.3) is 11.4 Å². The number of halogens is 2. The molecule has 1 N–H and O–H groups in total. The van der Waals surface area contributed by atoms with Crippen molar-refractivity contribution in [1.29, 1.82) is 0 Å². The minimum absolute atomic E-state index is 0.116. The number of carbonyl (C=O) groups excluding carboxylic acids is 1. The van der Waals surface area contributed by atoms with Gasteiger partial charge in [-0.1, -0.05) is 47.5 Å². The molecular formula is C16H12Cl2N6O. The second-order valence-corrected chi connectivity index (χ2v) is 5.81. The molecule has 25 heavy (non-hydrogen) atoms. The number of benzene rings is 2. The Balaban J connectivity index is 1.58. The molecule has 0 atom stereocenters. The van der Waals surface area contributed by atoms with E-state index >= 15 is 0 Å². The average Bonchev–Trinajstić information content (AvgIpc) is 3.05. The fourth-order valence-corrected chi connectivity index (χ4v) is 2.30. The second kappa shape index (κ2) is 7.87. The van der Waals surface area contributed by atoms with Gasteiger partial charge in [-0.2, -0.15) is 9.90 Å². The van der Waals surface area contributed by atoms with Crippen LogP contribution in [0.3, 0.4) is 0 Å². The number of tetrazole rings is 1. The largest absolute Gasteiger partial charge is 0.271 e. The predicted molar refractivity (Wildman–Crippen MR) is 95.5 cm³/mol. The topological polar surface area (TPSA) is 85.1 Å². The molecule has 0 aliphatic heterocycles. The zero-order valence-electron chi connectivity index (χ0n) is 12.8. The quantitative estimate of drug-likeness (QED) is 0.549. The Morgan fingerprint density at radius 3 is 2.68 bits per heavy atom. The van der Waals surface area contributed by atoms with Crippen molar-refractivity contribution in [3.8, 4) is 11.4 Å². The Morgan fingerprint density at radius 1 is 1.16 bits per heavy atom. The molecule has 2 aromatic carbocycles. The number of nitrogens with zero attached hydrogens (tertiary/aromatic N) is 5. The number of nitrogens with one attached hydrogen (secondary N) is 1. The van der Waals surface area contributed by atoms with Gasteiger partial charge < -0.3 is 0 Å². The summed E-state index contributed by atoms with van der Waals surface area (Å²) in [5.74, 6) is -0.0311. The fraction of sp³-hybridized carbons (Fsp3) is 0.0625. The van der Waals surface area contributed by atoms with E-state index in [0.29, 0.717) is 21.4 Å². The summed E-state index contributed by atoms with van der Waals surface area (Å²) in [7, 11) is 0. The molecule has 0 saturated carbocycles. The smallest absolute Gasteiger partial charge is 0.263 e. The summed E-state index contributed by atoms with van der Waals surface area (Å²) in [6, 6.07) is 14.2. The van der Waals surface area contributed by atoms with Gasteiger partial charge in [0.25, 0.3) is 5.91 Å². The van der Waals surface area contributed by atoms with Crippen molar-refractivity contribution in [2.45, 2.75) is 6.54 Å². The van der Waals surface area contributed by atoms with Crippen LogP contribution in [0.15, 0.2) is 53.6 Å². The van der Waals surface area contributed by atoms with Gasteiger partial charge >= 0.3 is 0 Å². The first-order valence-corrected chi connectivity index (χ1v) is 7.97. The highest BCUT2D eigenvalue weighted by Crippen LogP contribution is 2.23. The average molecular weight is 375 g/mol. The molecule has 0 unspecified atom stereocenters. The van der Waals surface area contributed by atoms with E-state index in [9.17, 15) is 4.79 Å². The monoisotopic (exact) mass is 374 g/mol. The van der Waals surface area contributed by atoms with Crippen molar-refractivity contribution < 1.29 is 4.79 Å². The molecule has 0 aliphatic carbocycles. The Labute approximate surface area is 153 Å². The maximum absolute atomic E-state index is 11.9. The zero-order chi connectivity index (χ0) is 17.6. The van der Waals surface area contributed by atoms with Gasteiger partial charge in [-0.3, -0.25) is 4.79 Å². The van der Waals surface area contributed by atoms with Crippen LogP contribution in [0.2, 0.25) is 10.0 Å². The summed E-state index contributed by atoms with van der Waals surface area (Å²) in [6.45, 7) is -0.116. The minimum atomic E-state index is -0.381. The standard InChI is InChI=1S/C16H12Cl2N6O/c17-12-7-5-11(6-8-12)9-19-20-15(25)10-24-22-16(21-23-24)13-3-1-2-4-14(13)18/h1-9H,10H2,(H,20,25)/b19-9-. The molecule has 1 heterocycles. The van der Waals surface area contributed by atoms with E-state index in [1.165, 1.54) is 11.0 Å². The molecule has 0 spiro atoms. The zero-order valence-corrected chi connectivity index (χ0v) is 14.3. The highest BCUT2D eigenvalue weighted by molar-refractivity contribution is 6.33. The molecule has 0 fully saturated rings. The van der Waals surface area contributed by atoms with Crippen molar-refractivity contribution in [3.05, 3.63) is 64.1 Å².